The van der Waals surface area contributed by atoms with Crippen molar-refractivity contribution in [3.8, 4) is 5.75 Å². The molecule has 1 fully saturated rings. The molecule has 5 heteroatoms. The molecule has 0 radical (unpaired) electrons. The van der Waals surface area contributed by atoms with Crippen LogP contribution in [0.4, 0.5) is 0 Å². The highest BCUT2D eigenvalue weighted by molar-refractivity contribution is 6.31. The number of amides is 1. The average Bonchev–Trinajstić information content (AvgIpc) is 2.46. The maximum atomic E-state index is 12.5. The predicted octanol–water partition coefficient (Wildman–Crippen LogP) is 3.00. The van der Waals surface area contributed by atoms with E-state index in [2.05, 4.69) is 17.6 Å². The molecule has 1 aliphatic rings. The topological polar surface area (TPSA) is 50.4 Å². The lowest BCUT2D eigenvalue weighted by Gasteiger charge is -2.28. The molecule has 2 atom stereocenters. The van der Waals surface area contributed by atoms with Crippen LogP contribution in [0.1, 0.15) is 43.5 Å². The first kappa shape index (κ1) is 16.1. The molecule has 1 aliphatic heterocycles. The van der Waals surface area contributed by atoms with Crippen molar-refractivity contribution >= 4 is 17.5 Å². The van der Waals surface area contributed by atoms with E-state index in [-0.39, 0.29) is 11.9 Å². The van der Waals surface area contributed by atoms with Crippen molar-refractivity contribution in [2.24, 2.45) is 0 Å². The van der Waals surface area contributed by atoms with Crippen LogP contribution in [0.3, 0.4) is 0 Å². The second-order valence-corrected chi connectivity index (χ2v) is 5.98. The lowest BCUT2D eigenvalue weighted by atomic mass is 10.00. The minimum Gasteiger partial charge on any atom is -0.493 e. The number of nitrogens with one attached hydrogen (secondary N) is 2. The van der Waals surface area contributed by atoms with E-state index < -0.39 is 0 Å². The Morgan fingerprint density at radius 1 is 1.52 bits per heavy atom. The maximum Gasteiger partial charge on any atom is 0.255 e. The van der Waals surface area contributed by atoms with Crippen molar-refractivity contribution in [2.75, 3.05) is 13.2 Å². The first-order chi connectivity index (χ1) is 10.1. The van der Waals surface area contributed by atoms with Gasteiger partial charge >= 0.3 is 0 Å². The molecule has 0 spiro atoms. The lowest BCUT2D eigenvalue weighted by Crippen LogP contribution is -2.46. The maximum absolute atomic E-state index is 12.5. The van der Waals surface area contributed by atoms with Gasteiger partial charge in [-0.3, -0.25) is 4.79 Å². The highest BCUT2D eigenvalue weighted by Gasteiger charge is 2.22. The molecule has 0 aromatic heterocycles. The van der Waals surface area contributed by atoms with Crippen LogP contribution in [0.5, 0.6) is 5.75 Å². The standard InChI is InChI=1S/C16H23ClN2O2/c1-3-8-21-15-5-4-12(17)10-14(15)16(20)19-13-6-7-18-11(2)9-13/h4-5,10-11,13,18H,3,6-9H2,1-2H3,(H,19,20). The lowest BCUT2D eigenvalue weighted by molar-refractivity contribution is 0.0921. The van der Waals surface area contributed by atoms with Crippen LogP contribution >= 0.6 is 11.6 Å². The highest BCUT2D eigenvalue weighted by Crippen LogP contribution is 2.23. The molecule has 2 unspecified atom stereocenters. The van der Waals surface area contributed by atoms with Gasteiger partial charge in [0, 0.05) is 17.1 Å². The Hall–Kier alpha value is -1.26. The number of hydrogen-bond acceptors (Lipinski definition) is 3. The van der Waals surface area contributed by atoms with Crippen molar-refractivity contribution < 1.29 is 9.53 Å². The largest absolute Gasteiger partial charge is 0.493 e. The Balaban J connectivity index is 2.08. The fraction of sp³-hybridized carbons (Fsp3) is 0.562. The van der Waals surface area contributed by atoms with Gasteiger partial charge in [-0.2, -0.15) is 0 Å². The monoisotopic (exact) mass is 310 g/mol. The summed E-state index contributed by atoms with van der Waals surface area (Å²) in [5.41, 5.74) is 0.516. The molecule has 2 N–H and O–H groups in total. The van der Waals surface area contributed by atoms with Gasteiger partial charge < -0.3 is 15.4 Å². The molecule has 0 saturated carbocycles. The van der Waals surface area contributed by atoms with Gasteiger partial charge in [-0.15, -0.1) is 0 Å². The number of halogens is 1. The first-order valence-corrected chi connectivity index (χ1v) is 7.94. The van der Waals surface area contributed by atoms with Crippen LogP contribution in [0, 0.1) is 0 Å². The first-order valence-electron chi connectivity index (χ1n) is 7.56. The zero-order valence-corrected chi connectivity index (χ0v) is 13.4. The molecule has 1 saturated heterocycles. The Labute approximate surface area is 131 Å². The smallest absolute Gasteiger partial charge is 0.255 e. The molecule has 0 bridgehead atoms. The Bertz CT molecular complexity index is 493. The van der Waals surface area contributed by atoms with Crippen LogP contribution in [-0.4, -0.2) is 31.1 Å². The van der Waals surface area contributed by atoms with Gasteiger partial charge in [-0.25, -0.2) is 0 Å². The van der Waals surface area contributed by atoms with Crippen LogP contribution in [0.2, 0.25) is 5.02 Å². The molecule has 4 nitrogen and oxygen atoms in total. The number of carbonyl (C=O) groups excluding carboxylic acids is 1. The molecule has 0 aliphatic carbocycles. The van der Waals surface area contributed by atoms with Crippen molar-refractivity contribution in [3.63, 3.8) is 0 Å². The molecule has 21 heavy (non-hydrogen) atoms. The van der Waals surface area contributed by atoms with E-state index in [4.69, 9.17) is 16.3 Å². The van der Waals surface area contributed by atoms with E-state index in [0.29, 0.717) is 29.0 Å². The third-order valence-corrected chi connectivity index (χ3v) is 3.84. The summed E-state index contributed by atoms with van der Waals surface area (Å²) in [6, 6.07) is 5.81. The third kappa shape index (κ3) is 4.61. The summed E-state index contributed by atoms with van der Waals surface area (Å²) in [5, 5.41) is 7.01. The fourth-order valence-electron chi connectivity index (χ4n) is 2.54. The quantitative estimate of drug-likeness (QED) is 0.879. The minimum absolute atomic E-state index is 0.109. The summed E-state index contributed by atoms with van der Waals surface area (Å²) < 4.78 is 5.64. The van der Waals surface area contributed by atoms with E-state index in [0.717, 1.165) is 25.8 Å². The van der Waals surface area contributed by atoms with E-state index >= 15 is 0 Å². The van der Waals surface area contributed by atoms with E-state index in [1.807, 2.05) is 6.92 Å². The second-order valence-electron chi connectivity index (χ2n) is 5.54. The molecular weight excluding hydrogens is 288 g/mol. The summed E-state index contributed by atoms with van der Waals surface area (Å²) >= 11 is 6.02. The Morgan fingerprint density at radius 3 is 3.05 bits per heavy atom. The fourth-order valence-corrected chi connectivity index (χ4v) is 2.72. The molecule has 1 heterocycles. The number of benzene rings is 1. The van der Waals surface area contributed by atoms with E-state index in [1.54, 1.807) is 18.2 Å². The van der Waals surface area contributed by atoms with Gasteiger partial charge in [0.15, 0.2) is 0 Å². The van der Waals surface area contributed by atoms with Crippen LogP contribution in [0.25, 0.3) is 0 Å². The van der Waals surface area contributed by atoms with Crippen molar-refractivity contribution in [2.45, 2.75) is 45.2 Å². The Morgan fingerprint density at radius 2 is 2.33 bits per heavy atom. The number of rotatable bonds is 5. The van der Waals surface area contributed by atoms with Crippen molar-refractivity contribution in [1.29, 1.82) is 0 Å². The molecule has 116 valence electrons. The molecule has 1 aromatic carbocycles. The van der Waals surface area contributed by atoms with Crippen LogP contribution in [0.15, 0.2) is 18.2 Å². The number of carbonyl (C=O) groups is 1. The zero-order valence-electron chi connectivity index (χ0n) is 12.6. The SMILES string of the molecule is CCCOc1ccc(Cl)cc1C(=O)NC1CCNC(C)C1. The van der Waals surface area contributed by atoms with Crippen LogP contribution in [-0.2, 0) is 0 Å². The number of piperidine rings is 1. The third-order valence-electron chi connectivity index (χ3n) is 3.61. The molecule has 2 rings (SSSR count). The highest BCUT2D eigenvalue weighted by atomic mass is 35.5. The summed E-state index contributed by atoms with van der Waals surface area (Å²) in [4.78, 5) is 12.5. The van der Waals surface area contributed by atoms with Crippen LogP contribution < -0.4 is 15.4 Å². The van der Waals surface area contributed by atoms with E-state index in [9.17, 15) is 4.79 Å². The summed E-state index contributed by atoms with van der Waals surface area (Å²) in [6.45, 7) is 5.69. The van der Waals surface area contributed by atoms with Crippen molar-refractivity contribution in [3.05, 3.63) is 28.8 Å². The average molecular weight is 311 g/mol. The number of ether oxygens (including phenoxy) is 1. The summed E-state index contributed by atoms with van der Waals surface area (Å²) in [7, 11) is 0. The van der Waals surface area contributed by atoms with Gasteiger partial charge in [0.05, 0.1) is 12.2 Å². The second kappa shape index (κ2) is 7.66. The van der Waals surface area contributed by atoms with Gasteiger partial charge in [-0.1, -0.05) is 18.5 Å². The normalized spacial score (nSPS) is 21.9. The number of hydrogen-bond donors (Lipinski definition) is 2. The minimum atomic E-state index is -0.109. The predicted molar refractivity (Wildman–Crippen MR) is 85.2 cm³/mol. The van der Waals surface area contributed by atoms with Crippen molar-refractivity contribution in [1.82, 2.24) is 10.6 Å². The molecular formula is C16H23ClN2O2. The van der Waals surface area contributed by atoms with Gasteiger partial charge in [-0.05, 0) is 50.9 Å². The zero-order chi connectivity index (χ0) is 15.2. The molecule has 1 amide bonds. The summed E-state index contributed by atoms with van der Waals surface area (Å²) in [5.74, 6) is 0.489. The summed E-state index contributed by atoms with van der Waals surface area (Å²) in [6.07, 6.45) is 2.79. The van der Waals surface area contributed by atoms with Gasteiger partial charge in [0.2, 0.25) is 0 Å². The van der Waals surface area contributed by atoms with Gasteiger partial charge in [0.1, 0.15) is 5.75 Å². The Kier molecular flexibility index (Phi) is 5.88. The van der Waals surface area contributed by atoms with Gasteiger partial charge in [0.25, 0.3) is 5.91 Å². The molecule has 1 aromatic rings. The van der Waals surface area contributed by atoms with E-state index in [1.165, 1.54) is 0 Å².